The van der Waals surface area contributed by atoms with Crippen molar-refractivity contribution in [2.75, 3.05) is 59.2 Å². The maximum atomic E-state index is 13.5. The number of likely N-dealkylation sites (N-methyl/N-ethyl adjacent to an activating group) is 1. The fourth-order valence-corrected chi connectivity index (χ4v) is 8.00. The maximum absolute atomic E-state index is 13.5. The van der Waals surface area contributed by atoms with Gasteiger partial charge in [0.2, 0.25) is 10.0 Å². The molecule has 4 rings (SSSR count). The normalized spacial score (nSPS) is 30.1. The molecule has 36 heavy (non-hydrogen) atoms. The fraction of sp³-hybridized carbons (Fsp3) is 0.615. The van der Waals surface area contributed by atoms with Gasteiger partial charge in [0.25, 0.3) is 0 Å². The van der Waals surface area contributed by atoms with Gasteiger partial charge in [0.1, 0.15) is 6.54 Å². The van der Waals surface area contributed by atoms with Crippen LogP contribution in [-0.4, -0.2) is 104 Å². The number of amides is 1. The highest BCUT2D eigenvalue weighted by Gasteiger charge is 2.54. The summed E-state index contributed by atoms with van der Waals surface area (Å²) in [6.45, 7) is 2.45. The lowest BCUT2D eigenvalue weighted by Gasteiger charge is -2.45. The third-order valence-electron chi connectivity index (χ3n) is 8.46. The van der Waals surface area contributed by atoms with E-state index >= 15 is 0 Å². The summed E-state index contributed by atoms with van der Waals surface area (Å²) in [5.74, 6) is -0.922. The van der Waals surface area contributed by atoms with Crippen molar-refractivity contribution >= 4 is 27.7 Å². The Morgan fingerprint density at radius 2 is 1.86 bits per heavy atom. The highest BCUT2D eigenvalue weighted by molar-refractivity contribution is 7.89. The molecule has 0 unspecified atom stereocenters. The first-order chi connectivity index (χ1) is 17.1. The van der Waals surface area contributed by atoms with Gasteiger partial charge in [-0.2, -0.15) is 9.10 Å². The quantitative estimate of drug-likeness (QED) is 0.435. The number of likely N-dealkylation sites (tertiary alicyclic amines) is 2. The minimum Gasteiger partial charge on any atom is -0.469 e. The molecule has 0 radical (unpaired) electrons. The van der Waals surface area contributed by atoms with Crippen LogP contribution in [0.25, 0.3) is 5.57 Å². The van der Waals surface area contributed by atoms with E-state index in [2.05, 4.69) is 4.90 Å². The number of benzene rings is 1. The molecule has 2 fully saturated rings. The van der Waals surface area contributed by atoms with Crippen LogP contribution in [0.2, 0.25) is 0 Å². The predicted molar refractivity (Wildman–Crippen MR) is 137 cm³/mol. The zero-order valence-electron chi connectivity index (χ0n) is 21.3. The minimum absolute atomic E-state index is 0.138. The van der Waals surface area contributed by atoms with Crippen LogP contribution in [0.3, 0.4) is 0 Å². The van der Waals surface area contributed by atoms with Gasteiger partial charge < -0.3 is 9.84 Å². The highest BCUT2D eigenvalue weighted by Crippen LogP contribution is 2.39. The maximum Gasteiger partial charge on any atom is 0.513 e. The van der Waals surface area contributed by atoms with Gasteiger partial charge in [-0.15, -0.1) is 0 Å². The Labute approximate surface area is 214 Å². The first-order valence-corrected chi connectivity index (χ1v) is 14.3. The number of quaternary nitrogens is 1. The number of carbonyl (C=O) groups is 2. The van der Waals surface area contributed by atoms with E-state index in [0.717, 1.165) is 30.5 Å². The lowest BCUT2D eigenvalue weighted by molar-refractivity contribution is -0.866. The summed E-state index contributed by atoms with van der Waals surface area (Å²) in [5.41, 5.74) is 0.960. The van der Waals surface area contributed by atoms with Gasteiger partial charge in [0, 0.05) is 25.9 Å². The van der Waals surface area contributed by atoms with E-state index in [-0.39, 0.29) is 48.8 Å². The molecular weight excluding hydrogens is 482 g/mol. The lowest BCUT2D eigenvalue weighted by Crippen LogP contribution is -2.64. The van der Waals surface area contributed by atoms with E-state index in [0.29, 0.717) is 19.5 Å². The molecule has 3 aliphatic rings. The molecule has 0 aromatic heterocycles. The smallest absolute Gasteiger partial charge is 0.469 e. The van der Waals surface area contributed by atoms with Gasteiger partial charge in [-0.05, 0) is 44.0 Å². The van der Waals surface area contributed by atoms with E-state index in [1.807, 2.05) is 43.5 Å². The van der Waals surface area contributed by atoms with Crippen molar-refractivity contribution in [3.05, 3.63) is 42.0 Å². The summed E-state index contributed by atoms with van der Waals surface area (Å²) in [6, 6.07) is 10.1. The number of methoxy groups -OCH3 is 1. The summed E-state index contributed by atoms with van der Waals surface area (Å²) in [5, 5.41) is 10.2. The minimum atomic E-state index is -3.77. The van der Waals surface area contributed by atoms with Crippen LogP contribution in [0.4, 0.5) is 4.79 Å². The molecule has 3 heterocycles. The van der Waals surface area contributed by atoms with Crippen LogP contribution in [-0.2, 0) is 19.6 Å². The molecule has 1 amide bonds. The zero-order chi connectivity index (χ0) is 26.0. The number of carboxylic acid groups (broad SMARTS) is 1. The molecule has 1 atom stereocenters. The molecule has 10 heteroatoms. The summed E-state index contributed by atoms with van der Waals surface area (Å²) in [4.78, 5) is 27.6. The van der Waals surface area contributed by atoms with Crippen LogP contribution in [0.5, 0.6) is 0 Å². The molecule has 2 saturated heterocycles. The number of esters is 1. The molecule has 0 aliphatic carbocycles. The molecule has 198 valence electrons. The Kier molecular flexibility index (Phi) is 7.89. The van der Waals surface area contributed by atoms with Gasteiger partial charge in [0.05, 0.1) is 37.4 Å². The number of hydrogen-bond donors (Lipinski definition) is 1. The standard InChI is InChI=1S/C26H37N3O6S/c1-27-14-6-9-23(27)19-29(25(31)32)17-12-26(13-18-29,24(30)35-2)20-36(33,34)28-15-10-22(11-16-28)21-7-4-3-5-8-21/h3-5,7-8,10,23H,6,9,11-20H2,1-2H3/p+1/t23-,26?,29?/m0/s1. The molecule has 1 aromatic rings. The van der Waals surface area contributed by atoms with Crippen molar-refractivity contribution in [1.29, 1.82) is 0 Å². The monoisotopic (exact) mass is 520 g/mol. The van der Waals surface area contributed by atoms with E-state index in [1.54, 1.807) is 0 Å². The van der Waals surface area contributed by atoms with Crippen molar-refractivity contribution in [1.82, 2.24) is 9.21 Å². The largest absolute Gasteiger partial charge is 0.513 e. The Morgan fingerprint density at radius 3 is 2.39 bits per heavy atom. The first kappa shape index (κ1) is 26.8. The number of rotatable bonds is 7. The molecule has 1 N–H and O–H groups in total. The van der Waals surface area contributed by atoms with Gasteiger partial charge in [0.15, 0.2) is 0 Å². The van der Waals surface area contributed by atoms with Crippen molar-refractivity contribution in [3.63, 3.8) is 0 Å². The van der Waals surface area contributed by atoms with Crippen LogP contribution in [0, 0.1) is 5.41 Å². The average Bonchev–Trinajstić information content (AvgIpc) is 3.29. The second-order valence-corrected chi connectivity index (χ2v) is 12.5. The number of piperidine rings is 1. The van der Waals surface area contributed by atoms with E-state index in [9.17, 15) is 23.1 Å². The van der Waals surface area contributed by atoms with Gasteiger partial charge >= 0.3 is 12.1 Å². The zero-order valence-corrected chi connectivity index (χ0v) is 22.1. The Hall–Kier alpha value is -2.27. The van der Waals surface area contributed by atoms with Gasteiger partial charge in [-0.1, -0.05) is 36.4 Å². The predicted octanol–water partition coefficient (Wildman–Crippen LogP) is 2.65. The van der Waals surface area contributed by atoms with Crippen molar-refractivity contribution < 1.29 is 32.3 Å². The molecule has 3 aliphatic heterocycles. The molecule has 0 bridgehead atoms. The molecule has 0 saturated carbocycles. The summed E-state index contributed by atoms with van der Waals surface area (Å²) in [7, 11) is -0.478. The first-order valence-electron chi connectivity index (χ1n) is 12.7. The SMILES string of the molecule is COC(=O)C1(CS(=O)(=O)N2CC=C(c3ccccc3)CC2)CC[N+](C[C@@H]2CCCN2C)(C(=O)O)CC1. The van der Waals surface area contributed by atoms with Crippen molar-refractivity contribution in [2.45, 2.75) is 38.1 Å². The number of hydrogen-bond acceptors (Lipinski definition) is 6. The number of ether oxygens (including phenoxy) is 1. The second kappa shape index (κ2) is 10.6. The van der Waals surface area contributed by atoms with Crippen LogP contribution < -0.4 is 0 Å². The van der Waals surface area contributed by atoms with Crippen molar-refractivity contribution in [3.8, 4) is 0 Å². The van der Waals surface area contributed by atoms with Crippen LogP contribution >= 0.6 is 0 Å². The Balaban J connectivity index is 1.49. The second-order valence-electron chi connectivity index (χ2n) is 10.6. The van der Waals surface area contributed by atoms with Crippen LogP contribution in [0.1, 0.15) is 37.7 Å². The molecule has 0 spiro atoms. The van der Waals surface area contributed by atoms with E-state index in [1.165, 1.54) is 11.4 Å². The van der Waals surface area contributed by atoms with Crippen molar-refractivity contribution in [2.24, 2.45) is 5.41 Å². The summed E-state index contributed by atoms with van der Waals surface area (Å²) < 4.78 is 33.4. The molecule has 9 nitrogen and oxygen atoms in total. The molecular formula is C26H38N3O6S+. The highest BCUT2D eigenvalue weighted by atomic mass is 32.2. The lowest BCUT2D eigenvalue weighted by atomic mass is 9.79. The number of sulfonamides is 1. The summed E-state index contributed by atoms with van der Waals surface area (Å²) >= 11 is 0. The van der Waals surface area contributed by atoms with E-state index < -0.39 is 27.5 Å². The topological polar surface area (TPSA) is 104 Å². The third kappa shape index (κ3) is 5.37. The molecule has 1 aromatic carbocycles. The van der Waals surface area contributed by atoms with Gasteiger partial charge in [-0.3, -0.25) is 9.69 Å². The Bertz CT molecular complexity index is 1100. The number of nitrogens with zero attached hydrogens (tertiary/aromatic N) is 3. The average molecular weight is 521 g/mol. The Morgan fingerprint density at radius 1 is 1.17 bits per heavy atom. The summed E-state index contributed by atoms with van der Waals surface area (Å²) in [6.07, 6.45) is 3.96. The van der Waals surface area contributed by atoms with Gasteiger partial charge in [-0.25, -0.2) is 12.9 Å². The fourth-order valence-electron chi connectivity index (χ4n) is 6.04. The van der Waals surface area contributed by atoms with Crippen LogP contribution in [0.15, 0.2) is 36.4 Å². The third-order valence-corrected chi connectivity index (χ3v) is 10.5. The number of carbonyl (C=O) groups excluding carboxylic acids is 1. The van der Waals surface area contributed by atoms with E-state index in [4.69, 9.17) is 4.74 Å².